The molecule has 0 heterocycles. The maximum Gasteiger partial charge on any atom is 0.128 e. The summed E-state index contributed by atoms with van der Waals surface area (Å²) in [6, 6.07) is 8.56. The van der Waals surface area contributed by atoms with Crippen LogP contribution in [0, 0.1) is 6.92 Å². The molecule has 3 nitrogen and oxygen atoms in total. The Labute approximate surface area is 96.8 Å². The molecule has 2 rings (SSSR count). The monoisotopic (exact) mass is 221 g/mol. The molecule has 1 N–H and O–H groups in total. The average molecular weight is 221 g/mol. The normalized spacial score (nSPS) is 28.6. The number of likely N-dealkylation sites (N-methyl/N-ethyl adjacent to an activating group) is 1. The Balaban J connectivity index is 1.93. The Morgan fingerprint density at radius 2 is 1.94 bits per heavy atom. The van der Waals surface area contributed by atoms with E-state index in [1.807, 2.05) is 19.2 Å². The molecule has 1 saturated carbocycles. The number of nitrogens with one attached hydrogen (secondary N) is 1. The van der Waals surface area contributed by atoms with E-state index < -0.39 is 0 Å². The third-order valence-electron chi connectivity index (χ3n) is 3.20. The second-order valence-corrected chi connectivity index (χ2v) is 4.30. The molecule has 1 aromatic carbocycles. The molecular weight excluding hydrogens is 202 g/mol. The Morgan fingerprint density at radius 1 is 1.25 bits per heavy atom. The van der Waals surface area contributed by atoms with E-state index in [2.05, 4.69) is 24.4 Å². The van der Waals surface area contributed by atoms with E-state index in [9.17, 15) is 0 Å². The van der Waals surface area contributed by atoms with Gasteiger partial charge in [-0.05, 0) is 26.1 Å². The zero-order valence-corrected chi connectivity index (χ0v) is 10.1. The standard InChI is InChI=1S/C13H19NO2/c1-9-4-6-10(7-5-9)16-12-8-11(14-2)13(12)15-3/h4-7,11-14H,8H2,1-3H3. The molecule has 3 heteroatoms. The van der Waals surface area contributed by atoms with Crippen LogP contribution in [-0.4, -0.2) is 32.4 Å². The zero-order chi connectivity index (χ0) is 11.5. The van der Waals surface area contributed by atoms with Crippen LogP contribution in [0.3, 0.4) is 0 Å². The topological polar surface area (TPSA) is 30.5 Å². The van der Waals surface area contributed by atoms with Crippen LogP contribution >= 0.6 is 0 Å². The molecule has 0 spiro atoms. The van der Waals surface area contributed by atoms with Crippen molar-refractivity contribution in [1.82, 2.24) is 5.32 Å². The fourth-order valence-corrected chi connectivity index (χ4v) is 2.09. The van der Waals surface area contributed by atoms with E-state index >= 15 is 0 Å². The van der Waals surface area contributed by atoms with Gasteiger partial charge < -0.3 is 14.8 Å². The molecule has 0 saturated heterocycles. The van der Waals surface area contributed by atoms with Crippen molar-refractivity contribution in [1.29, 1.82) is 0 Å². The lowest BCUT2D eigenvalue weighted by Gasteiger charge is -2.42. The number of rotatable bonds is 4. The molecule has 3 atom stereocenters. The molecule has 0 aliphatic heterocycles. The largest absolute Gasteiger partial charge is 0.488 e. The van der Waals surface area contributed by atoms with Gasteiger partial charge in [0, 0.05) is 19.6 Å². The van der Waals surface area contributed by atoms with E-state index in [4.69, 9.17) is 9.47 Å². The SMILES string of the molecule is CNC1CC(Oc2ccc(C)cc2)C1OC. The van der Waals surface area contributed by atoms with Crippen LogP contribution < -0.4 is 10.1 Å². The summed E-state index contributed by atoms with van der Waals surface area (Å²) >= 11 is 0. The Bertz CT molecular complexity index is 336. The Kier molecular flexibility index (Phi) is 3.46. The van der Waals surface area contributed by atoms with E-state index in [1.165, 1.54) is 5.56 Å². The zero-order valence-electron chi connectivity index (χ0n) is 10.1. The third kappa shape index (κ3) is 2.20. The van der Waals surface area contributed by atoms with Crippen molar-refractivity contribution in [2.45, 2.75) is 31.6 Å². The van der Waals surface area contributed by atoms with Crippen molar-refractivity contribution < 1.29 is 9.47 Å². The van der Waals surface area contributed by atoms with Gasteiger partial charge in [-0.15, -0.1) is 0 Å². The minimum absolute atomic E-state index is 0.159. The van der Waals surface area contributed by atoms with E-state index in [0.717, 1.165) is 12.2 Å². The van der Waals surface area contributed by atoms with Crippen LogP contribution in [-0.2, 0) is 4.74 Å². The molecular formula is C13H19NO2. The van der Waals surface area contributed by atoms with Gasteiger partial charge in [-0.1, -0.05) is 17.7 Å². The van der Waals surface area contributed by atoms with Crippen LogP contribution in [0.5, 0.6) is 5.75 Å². The summed E-state index contributed by atoms with van der Waals surface area (Å²) in [6.07, 6.45) is 1.33. The fourth-order valence-electron chi connectivity index (χ4n) is 2.09. The summed E-state index contributed by atoms with van der Waals surface area (Å²) in [5.74, 6) is 0.923. The minimum atomic E-state index is 0.159. The van der Waals surface area contributed by atoms with Gasteiger partial charge in [-0.3, -0.25) is 0 Å². The molecule has 16 heavy (non-hydrogen) atoms. The summed E-state index contributed by atoms with van der Waals surface area (Å²) < 4.78 is 11.3. The van der Waals surface area contributed by atoms with E-state index in [1.54, 1.807) is 7.11 Å². The van der Waals surface area contributed by atoms with Crippen molar-refractivity contribution in [3.63, 3.8) is 0 Å². The van der Waals surface area contributed by atoms with Crippen LogP contribution in [0.1, 0.15) is 12.0 Å². The van der Waals surface area contributed by atoms with Crippen molar-refractivity contribution in [3.8, 4) is 5.75 Å². The molecule has 88 valence electrons. The lowest BCUT2D eigenvalue weighted by Crippen LogP contribution is -2.60. The number of methoxy groups -OCH3 is 1. The summed E-state index contributed by atoms with van der Waals surface area (Å²) in [6.45, 7) is 2.07. The predicted molar refractivity (Wildman–Crippen MR) is 63.9 cm³/mol. The number of aryl methyl sites for hydroxylation is 1. The van der Waals surface area contributed by atoms with Crippen LogP contribution in [0.4, 0.5) is 0 Å². The van der Waals surface area contributed by atoms with E-state index in [0.29, 0.717) is 6.04 Å². The third-order valence-corrected chi connectivity index (χ3v) is 3.20. The lowest BCUT2D eigenvalue weighted by atomic mass is 9.85. The van der Waals surface area contributed by atoms with Gasteiger partial charge in [0.25, 0.3) is 0 Å². The second-order valence-electron chi connectivity index (χ2n) is 4.30. The van der Waals surface area contributed by atoms with Crippen molar-refractivity contribution in [2.24, 2.45) is 0 Å². The maximum atomic E-state index is 5.88. The Morgan fingerprint density at radius 3 is 2.50 bits per heavy atom. The van der Waals surface area contributed by atoms with Crippen LogP contribution in [0.15, 0.2) is 24.3 Å². The first-order chi connectivity index (χ1) is 7.74. The highest BCUT2D eigenvalue weighted by molar-refractivity contribution is 5.27. The second kappa shape index (κ2) is 4.85. The quantitative estimate of drug-likeness (QED) is 0.840. The molecule has 3 unspecified atom stereocenters. The molecule has 1 aromatic rings. The average Bonchev–Trinajstić information content (AvgIpc) is 2.26. The summed E-state index contributed by atoms with van der Waals surface area (Å²) in [4.78, 5) is 0. The highest BCUT2D eigenvalue weighted by Gasteiger charge is 2.42. The summed E-state index contributed by atoms with van der Waals surface area (Å²) in [7, 11) is 3.69. The smallest absolute Gasteiger partial charge is 0.128 e. The predicted octanol–water partition coefficient (Wildman–Crippen LogP) is 1.75. The first-order valence-corrected chi connectivity index (χ1v) is 5.68. The molecule has 1 aliphatic carbocycles. The van der Waals surface area contributed by atoms with Crippen molar-refractivity contribution >= 4 is 0 Å². The van der Waals surface area contributed by atoms with Gasteiger partial charge >= 0.3 is 0 Å². The summed E-state index contributed by atoms with van der Waals surface area (Å²) in [5.41, 5.74) is 1.25. The number of ether oxygens (including phenoxy) is 2. The first kappa shape index (κ1) is 11.4. The molecule has 0 aromatic heterocycles. The fraction of sp³-hybridized carbons (Fsp3) is 0.538. The van der Waals surface area contributed by atoms with Gasteiger partial charge in [-0.2, -0.15) is 0 Å². The highest BCUT2D eigenvalue weighted by Crippen LogP contribution is 2.28. The van der Waals surface area contributed by atoms with Crippen LogP contribution in [0.2, 0.25) is 0 Å². The molecule has 0 amide bonds. The molecule has 1 aliphatic rings. The van der Waals surface area contributed by atoms with Crippen molar-refractivity contribution in [3.05, 3.63) is 29.8 Å². The van der Waals surface area contributed by atoms with Gasteiger partial charge in [0.1, 0.15) is 18.0 Å². The lowest BCUT2D eigenvalue weighted by molar-refractivity contribution is -0.0869. The van der Waals surface area contributed by atoms with E-state index in [-0.39, 0.29) is 12.2 Å². The van der Waals surface area contributed by atoms with Gasteiger partial charge in [0.05, 0.1) is 0 Å². The van der Waals surface area contributed by atoms with Gasteiger partial charge in [0.2, 0.25) is 0 Å². The maximum absolute atomic E-state index is 5.88. The number of hydrogen-bond donors (Lipinski definition) is 1. The van der Waals surface area contributed by atoms with Crippen LogP contribution in [0.25, 0.3) is 0 Å². The Hall–Kier alpha value is -1.06. The number of hydrogen-bond acceptors (Lipinski definition) is 3. The van der Waals surface area contributed by atoms with Gasteiger partial charge in [0.15, 0.2) is 0 Å². The highest BCUT2D eigenvalue weighted by atomic mass is 16.5. The molecule has 0 bridgehead atoms. The molecule has 0 radical (unpaired) electrons. The minimum Gasteiger partial charge on any atom is -0.488 e. The van der Waals surface area contributed by atoms with Gasteiger partial charge in [-0.25, -0.2) is 0 Å². The summed E-state index contributed by atoms with van der Waals surface area (Å²) in [5, 5.41) is 3.22. The number of benzene rings is 1. The van der Waals surface area contributed by atoms with Crippen molar-refractivity contribution in [2.75, 3.05) is 14.2 Å². The molecule has 1 fully saturated rings. The first-order valence-electron chi connectivity index (χ1n) is 5.68.